The van der Waals surface area contributed by atoms with Gasteiger partial charge in [0.2, 0.25) is 5.91 Å². The van der Waals surface area contributed by atoms with Crippen LogP contribution in [0.1, 0.15) is 6.42 Å². The van der Waals surface area contributed by atoms with Crippen molar-refractivity contribution in [3.05, 3.63) is 12.4 Å². The predicted octanol–water partition coefficient (Wildman–Crippen LogP) is 0.371. The van der Waals surface area contributed by atoms with Crippen LogP contribution in [0, 0.1) is 12.3 Å². The number of nitrogens with zero attached hydrogens (tertiary/aromatic N) is 1. The van der Waals surface area contributed by atoms with Crippen LogP contribution in [0.25, 0.3) is 0 Å². The molecule has 1 aromatic heterocycles. The van der Waals surface area contributed by atoms with Crippen LogP contribution < -0.4 is 5.32 Å². The second kappa shape index (κ2) is 3.42. The standard InChI is InChI=1S/C7H7N3O/c1-2-3-7(11)10-6-4-8-9-5-6/h1,4-5H,3H2,(H,8,9)(H,10,11). The van der Waals surface area contributed by atoms with Crippen molar-refractivity contribution in [3.8, 4) is 12.3 Å². The van der Waals surface area contributed by atoms with E-state index in [0.717, 1.165) is 0 Å². The average Bonchev–Trinajstić information content (AvgIpc) is 2.40. The number of rotatable bonds is 2. The molecule has 4 nitrogen and oxygen atoms in total. The summed E-state index contributed by atoms with van der Waals surface area (Å²) in [6, 6.07) is 0. The van der Waals surface area contributed by atoms with E-state index in [2.05, 4.69) is 21.4 Å². The SMILES string of the molecule is C#CCC(=O)Nc1cn[nH]c1. The number of nitrogens with one attached hydrogen (secondary N) is 2. The molecule has 0 aliphatic rings. The zero-order valence-corrected chi connectivity index (χ0v) is 5.79. The summed E-state index contributed by atoms with van der Waals surface area (Å²) < 4.78 is 0. The van der Waals surface area contributed by atoms with Gasteiger partial charge in [-0.15, -0.1) is 6.42 Å². The van der Waals surface area contributed by atoms with Gasteiger partial charge in [-0.2, -0.15) is 5.10 Å². The highest BCUT2D eigenvalue weighted by molar-refractivity contribution is 5.91. The highest BCUT2D eigenvalue weighted by Crippen LogP contribution is 2.00. The summed E-state index contributed by atoms with van der Waals surface area (Å²) in [4.78, 5) is 10.8. The topological polar surface area (TPSA) is 57.8 Å². The lowest BCUT2D eigenvalue weighted by atomic mass is 10.4. The number of carbonyl (C=O) groups is 1. The third-order valence-corrected chi connectivity index (χ3v) is 1.04. The van der Waals surface area contributed by atoms with Crippen LogP contribution in [-0.2, 0) is 4.79 Å². The number of terminal acetylenes is 1. The zero-order chi connectivity index (χ0) is 8.10. The summed E-state index contributed by atoms with van der Waals surface area (Å²) in [6.07, 6.45) is 8.10. The van der Waals surface area contributed by atoms with Gasteiger partial charge in [0.25, 0.3) is 0 Å². The molecular formula is C7H7N3O. The van der Waals surface area contributed by atoms with E-state index in [1.54, 1.807) is 6.20 Å². The molecule has 0 spiro atoms. The van der Waals surface area contributed by atoms with Crippen LogP contribution >= 0.6 is 0 Å². The molecule has 56 valence electrons. The summed E-state index contributed by atoms with van der Waals surface area (Å²) in [5.41, 5.74) is 0.630. The van der Waals surface area contributed by atoms with Crippen LogP contribution in [0.3, 0.4) is 0 Å². The highest BCUT2D eigenvalue weighted by Gasteiger charge is 1.98. The van der Waals surface area contributed by atoms with Crippen LogP contribution in [0.5, 0.6) is 0 Å². The number of amides is 1. The average molecular weight is 149 g/mol. The van der Waals surface area contributed by atoms with E-state index in [1.165, 1.54) is 6.20 Å². The molecule has 0 bridgehead atoms. The van der Waals surface area contributed by atoms with E-state index in [0.29, 0.717) is 5.69 Å². The van der Waals surface area contributed by atoms with Crippen molar-refractivity contribution in [2.75, 3.05) is 5.32 Å². The summed E-state index contributed by atoms with van der Waals surface area (Å²) in [5.74, 6) is 2.04. The second-order valence-electron chi connectivity index (χ2n) is 1.92. The van der Waals surface area contributed by atoms with Crippen LogP contribution in [-0.4, -0.2) is 16.1 Å². The highest BCUT2D eigenvalue weighted by atomic mass is 16.1. The van der Waals surface area contributed by atoms with E-state index >= 15 is 0 Å². The summed E-state index contributed by atoms with van der Waals surface area (Å²) in [7, 11) is 0. The molecule has 1 amide bonds. The number of aromatic amines is 1. The van der Waals surface area contributed by atoms with Crippen molar-refractivity contribution in [3.63, 3.8) is 0 Å². The first kappa shape index (κ1) is 7.35. The number of anilines is 1. The van der Waals surface area contributed by atoms with E-state index < -0.39 is 0 Å². The molecular weight excluding hydrogens is 142 g/mol. The molecule has 0 fully saturated rings. The number of aromatic nitrogens is 2. The number of H-pyrrole nitrogens is 1. The van der Waals surface area contributed by atoms with E-state index in [1.807, 2.05) is 0 Å². The molecule has 0 saturated heterocycles. The molecule has 2 N–H and O–H groups in total. The molecule has 1 aromatic rings. The third-order valence-electron chi connectivity index (χ3n) is 1.04. The second-order valence-corrected chi connectivity index (χ2v) is 1.92. The predicted molar refractivity (Wildman–Crippen MR) is 40.7 cm³/mol. The quantitative estimate of drug-likeness (QED) is 0.597. The molecule has 0 atom stereocenters. The minimum absolute atomic E-state index is 0.0885. The van der Waals surface area contributed by atoms with Crippen LogP contribution in [0.15, 0.2) is 12.4 Å². The molecule has 1 rings (SSSR count). The molecule has 0 aliphatic heterocycles. The van der Waals surface area contributed by atoms with Crippen LogP contribution in [0.2, 0.25) is 0 Å². The Hall–Kier alpha value is -1.76. The summed E-state index contributed by atoms with van der Waals surface area (Å²) >= 11 is 0. The van der Waals surface area contributed by atoms with Crippen molar-refractivity contribution < 1.29 is 4.79 Å². The molecule has 0 unspecified atom stereocenters. The Balaban J connectivity index is 2.45. The molecule has 0 aliphatic carbocycles. The number of hydrogen-bond donors (Lipinski definition) is 2. The van der Waals surface area contributed by atoms with Gasteiger partial charge in [0, 0.05) is 6.20 Å². The largest absolute Gasteiger partial charge is 0.323 e. The van der Waals surface area contributed by atoms with Crippen molar-refractivity contribution >= 4 is 11.6 Å². The Morgan fingerprint density at radius 2 is 2.73 bits per heavy atom. The molecule has 1 heterocycles. The molecule has 0 radical (unpaired) electrons. The molecule has 0 saturated carbocycles. The maximum absolute atomic E-state index is 10.8. The van der Waals surface area contributed by atoms with E-state index in [9.17, 15) is 4.79 Å². The van der Waals surface area contributed by atoms with Gasteiger partial charge in [-0.05, 0) is 0 Å². The van der Waals surface area contributed by atoms with Gasteiger partial charge >= 0.3 is 0 Å². The molecule has 0 aromatic carbocycles. The Morgan fingerprint density at radius 1 is 1.91 bits per heavy atom. The van der Waals surface area contributed by atoms with Gasteiger partial charge in [-0.1, -0.05) is 5.92 Å². The van der Waals surface area contributed by atoms with Crippen LogP contribution in [0.4, 0.5) is 5.69 Å². The van der Waals surface area contributed by atoms with Crippen molar-refractivity contribution in [2.45, 2.75) is 6.42 Å². The van der Waals surface area contributed by atoms with Gasteiger partial charge in [0.15, 0.2) is 0 Å². The monoisotopic (exact) mass is 149 g/mol. The Morgan fingerprint density at radius 3 is 3.27 bits per heavy atom. The molecule has 11 heavy (non-hydrogen) atoms. The lowest BCUT2D eigenvalue weighted by molar-refractivity contribution is -0.115. The zero-order valence-electron chi connectivity index (χ0n) is 5.79. The maximum Gasteiger partial charge on any atom is 0.236 e. The normalized spacial score (nSPS) is 8.64. The third kappa shape index (κ3) is 2.14. The van der Waals surface area contributed by atoms with Gasteiger partial charge in [-0.3, -0.25) is 9.89 Å². The maximum atomic E-state index is 10.8. The van der Waals surface area contributed by atoms with E-state index in [-0.39, 0.29) is 12.3 Å². The van der Waals surface area contributed by atoms with Crippen molar-refractivity contribution in [1.29, 1.82) is 0 Å². The lowest BCUT2D eigenvalue weighted by Gasteiger charge is -1.95. The van der Waals surface area contributed by atoms with Gasteiger partial charge in [-0.25, -0.2) is 0 Å². The van der Waals surface area contributed by atoms with Crippen molar-refractivity contribution in [1.82, 2.24) is 10.2 Å². The number of carbonyl (C=O) groups excluding carboxylic acids is 1. The van der Waals surface area contributed by atoms with E-state index in [4.69, 9.17) is 6.42 Å². The summed E-state index contributed by atoms with van der Waals surface area (Å²) in [6.45, 7) is 0. The Labute approximate surface area is 64.0 Å². The van der Waals surface area contributed by atoms with Gasteiger partial charge < -0.3 is 5.32 Å². The smallest absolute Gasteiger partial charge is 0.236 e. The Kier molecular flexibility index (Phi) is 2.28. The first-order valence-electron chi connectivity index (χ1n) is 3.05. The lowest BCUT2D eigenvalue weighted by Crippen LogP contribution is -2.09. The fourth-order valence-electron chi connectivity index (χ4n) is 0.617. The Bertz CT molecular complexity index is 270. The fourth-order valence-corrected chi connectivity index (χ4v) is 0.617. The minimum Gasteiger partial charge on any atom is -0.323 e. The first-order valence-corrected chi connectivity index (χ1v) is 3.05. The molecule has 4 heteroatoms. The number of hydrogen-bond acceptors (Lipinski definition) is 2. The first-order chi connectivity index (χ1) is 5.33. The minimum atomic E-state index is -0.200. The summed E-state index contributed by atoms with van der Waals surface area (Å²) in [5, 5.41) is 8.75. The van der Waals surface area contributed by atoms with Gasteiger partial charge in [0.05, 0.1) is 18.3 Å². The van der Waals surface area contributed by atoms with Gasteiger partial charge in [0.1, 0.15) is 0 Å². The van der Waals surface area contributed by atoms with Crippen molar-refractivity contribution in [2.24, 2.45) is 0 Å². The fraction of sp³-hybridized carbons (Fsp3) is 0.143.